The molecule has 1 aliphatic rings. The zero-order valence-electron chi connectivity index (χ0n) is 16.8. The summed E-state index contributed by atoms with van der Waals surface area (Å²) in [5.41, 5.74) is 0. The van der Waals surface area contributed by atoms with Gasteiger partial charge in [0.15, 0.2) is 0 Å². The molecule has 154 valence electrons. The average Bonchev–Trinajstić information content (AvgIpc) is 3.18. The zero-order chi connectivity index (χ0) is 19.9. The van der Waals surface area contributed by atoms with Gasteiger partial charge in [0.05, 0.1) is 13.2 Å². The number of Topliss-reactive ketones (excluding diaryl/α,β-unsaturated/α-hetero) is 1. The Hall–Kier alpha value is -1.69. The van der Waals surface area contributed by atoms with Crippen LogP contribution < -0.4 is 5.32 Å². The molecule has 1 N–H and O–H groups in total. The molecule has 0 aromatic heterocycles. The van der Waals surface area contributed by atoms with Crippen molar-refractivity contribution < 1.29 is 23.9 Å². The van der Waals surface area contributed by atoms with E-state index in [9.17, 15) is 14.4 Å². The van der Waals surface area contributed by atoms with Crippen LogP contribution in [0.4, 0.5) is 0 Å². The van der Waals surface area contributed by atoms with Gasteiger partial charge in [0.1, 0.15) is 11.8 Å². The fourth-order valence-corrected chi connectivity index (χ4v) is 3.20. The Morgan fingerprint density at radius 2 is 1.63 bits per heavy atom. The molecule has 0 fully saturated rings. The molecule has 0 radical (unpaired) electrons. The van der Waals surface area contributed by atoms with Gasteiger partial charge in [-0.3, -0.25) is 14.4 Å². The molecule has 0 heterocycles. The second-order valence-corrected chi connectivity index (χ2v) is 6.87. The minimum absolute atomic E-state index is 0.118. The van der Waals surface area contributed by atoms with Crippen LogP contribution in [-0.4, -0.2) is 43.5 Å². The van der Waals surface area contributed by atoms with Crippen molar-refractivity contribution in [2.45, 2.75) is 77.7 Å². The van der Waals surface area contributed by atoms with E-state index in [2.05, 4.69) is 17.5 Å². The van der Waals surface area contributed by atoms with Crippen LogP contribution in [0.2, 0.25) is 0 Å². The number of hydrogen-bond donors (Lipinski definition) is 1. The van der Waals surface area contributed by atoms with Gasteiger partial charge in [-0.2, -0.15) is 0 Å². The van der Waals surface area contributed by atoms with Crippen molar-refractivity contribution >= 4 is 17.7 Å². The number of rotatable bonds is 15. The van der Waals surface area contributed by atoms with E-state index >= 15 is 0 Å². The number of ketones is 1. The SMILES string of the molecule is CCOC(=O)CCCCCCC(NCCC(=O)C1CC=CC1)C(=O)OCC. The molecule has 1 aliphatic carbocycles. The quantitative estimate of drug-likeness (QED) is 0.266. The first-order valence-electron chi connectivity index (χ1n) is 10.3. The lowest BCUT2D eigenvalue weighted by atomic mass is 9.99. The average molecular weight is 382 g/mol. The molecular weight excluding hydrogens is 346 g/mol. The number of allylic oxidation sites excluding steroid dienone is 2. The summed E-state index contributed by atoms with van der Waals surface area (Å²) in [6.45, 7) is 4.87. The zero-order valence-corrected chi connectivity index (χ0v) is 16.8. The van der Waals surface area contributed by atoms with Crippen molar-refractivity contribution in [1.29, 1.82) is 0 Å². The molecule has 0 saturated heterocycles. The highest BCUT2D eigenvalue weighted by atomic mass is 16.5. The van der Waals surface area contributed by atoms with E-state index in [1.54, 1.807) is 13.8 Å². The van der Waals surface area contributed by atoms with Crippen LogP contribution in [0.15, 0.2) is 12.2 Å². The minimum Gasteiger partial charge on any atom is -0.466 e. The standard InChI is InChI=1S/C21H35NO5/c1-3-26-20(24)14-8-6-5-7-13-18(21(25)27-4-2)22-16-15-19(23)17-11-9-10-12-17/h9-10,17-18,22H,3-8,11-16H2,1-2H3. The Labute approximate surface area is 163 Å². The molecule has 1 rings (SSSR count). The summed E-state index contributed by atoms with van der Waals surface area (Å²) in [7, 11) is 0. The van der Waals surface area contributed by atoms with Crippen molar-refractivity contribution in [2.24, 2.45) is 5.92 Å². The summed E-state index contributed by atoms with van der Waals surface area (Å²) in [5.74, 6) is -0.0222. The van der Waals surface area contributed by atoms with Crippen molar-refractivity contribution in [3.8, 4) is 0 Å². The number of unbranched alkanes of at least 4 members (excludes halogenated alkanes) is 3. The smallest absolute Gasteiger partial charge is 0.323 e. The summed E-state index contributed by atoms with van der Waals surface area (Å²) in [6.07, 6.45) is 10.9. The first kappa shape index (κ1) is 23.3. The van der Waals surface area contributed by atoms with Gasteiger partial charge < -0.3 is 14.8 Å². The van der Waals surface area contributed by atoms with Gasteiger partial charge in [-0.25, -0.2) is 0 Å². The predicted molar refractivity (Wildman–Crippen MR) is 104 cm³/mol. The third-order valence-corrected chi connectivity index (χ3v) is 4.73. The lowest BCUT2D eigenvalue weighted by Crippen LogP contribution is -2.39. The van der Waals surface area contributed by atoms with E-state index in [4.69, 9.17) is 9.47 Å². The van der Waals surface area contributed by atoms with Crippen LogP contribution in [0.1, 0.15) is 71.6 Å². The van der Waals surface area contributed by atoms with Gasteiger partial charge in [0.2, 0.25) is 0 Å². The van der Waals surface area contributed by atoms with Gasteiger partial charge in [0, 0.05) is 25.3 Å². The molecule has 1 atom stereocenters. The van der Waals surface area contributed by atoms with E-state index in [1.807, 2.05) is 0 Å². The lowest BCUT2D eigenvalue weighted by molar-refractivity contribution is -0.146. The van der Waals surface area contributed by atoms with E-state index < -0.39 is 0 Å². The number of ether oxygens (including phenoxy) is 2. The number of carbonyl (C=O) groups excluding carboxylic acids is 3. The second-order valence-electron chi connectivity index (χ2n) is 6.87. The summed E-state index contributed by atoms with van der Waals surface area (Å²) in [4.78, 5) is 35.5. The van der Waals surface area contributed by atoms with Crippen LogP contribution >= 0.6 is 0 Å². The third kappa shape index (κ3) is 10.3. The second kappa shape index (κ2) is 14.4. The summed E-state index contributed by atoms with van der Waals surface area (Å²) in [5, 5.41) is 3.19. The largest absolute Gasteiger partial charge is 0.466 e. The molecule has 0 aromatic carbocycles. The maximum atomic E-state index is 12.1. The lowest BCUT2D eigenvalue weighted by Gasteiger charge is -2.17. The van der Waals surface area contributed by atoms with Crippen molar-refractivity contribution in [3.63, 3.8) is 0 Å². The van der Waals surface area contributed by atoms with Gasteiger partial charge >= 0.3 is 11.9 Å². The minimum atomic E-state index is -0.371. The Morgan fingerprint density at radius 1 is 0.963 bits per heavy atom. The van der Waals surface area contributed by atoms with E-state index in [-0.39, 0.29) is 29.7 Å². The van der Waals surface area contributed by atoms with E-state index in [0.717, 1.165) is 38.5 Å². The molecule has 0 amide bonds. The molecule has 0 aromatic rings. The first-order valence-corrected chi connectivity index (χ1v) is 10.3. The third-order valence-electron chi connectivity index (χ3n) is 4.73. The molecule has 0 spiro atoms. The van der Waals surface area contributed by atoms with E-state index in [0.29, 0.717) is 39.0 Å². The molecule has 0 aliphatic heterocycles. The molecule has 27 heavy (non-hydrogen) atoms. The van der Waals surface area contributed by atoms with Gasteiger partial charge in [-0.05, 0) is 39.5 Å². The summed E-state index contributed by atoms with van der Waals surface area (Å²) < 4.78 is 10.0. The number of nitrogens with one attached hydrogen (secondary N) is 1. The summed E-state index contributed by atoms with van der Waals surface area (Å²) >= 11 is 0. The van der Waals surface area contributed by atoms with Gasteiger partial charge in [-0.1, -0.05) is 31.4 Å². The molecule has 1 unspecified atom stereocenters. The highest BCUT2D eigenvalue weighted by molar-refractivity contribution is 5.82. The Kier molecular flexibility index (Phi) is 12.4. The van der Waals surface area contributed by atoms with Gasteiger partial charge in [-0.15, -0.1) is 0 Å². The highest BCUT2D eigenvalue weighted by Crippen LogP contribution is 2.19. The van der Waals surface area contributed by atoms with Crippen LogP contribution in [0, 0.1) is 5.92 Å². The number of hydrogen-bond acceptors (Lipinski definition) is 6. The van der Waals surface area contributed by atoms with Gasteiger partial charge in [0.25, 0.3) is 0 Å². The molecule has 6 nitrogen and oxygen atoms in total. The molecular formula is C21H35NO5. The normalized spacial score (nSPS) is 14.9. The van der Waals surface area contributed by atoms with Crippen molar-refractivity contribution in [2.75, 3.05) is 19.8 Å². The Balaban J connectivity index is 2.23. The van der Waals surface area contributed by atoms with Crippen molar-refractivity contribution in [3.05, 3.63) is 12.2 Å². The first-order chi connectivity index (χ1) is 13.1. The maximum absolute atomic E-state index is 12.1. The van der Waals surface area contributed by atoms with Crippen LogP contribution in [-0.2, 0) is 23.9 Å². The Morgan fingerprint density at radius 3 is 2.30 bits per heavy atom. The number of esters is 2. The monoisotopic (exact) mass is 381 g/mol. The fourth-order valence-electron chi connectivity index (χ4n) is 3.20. The van der Waals surface area contributed by atoms with Crippen LogP contribution in [0.5, 0.6) is 0 Å². The van der Waals surface area contributed by atoms with Crippen LogP contribution in [0.25, 0.3) is 0 Å². The fraction of sp³-hybridized carbons (Fsp3) is 0.762. The Bertz CT molecular complexity index is 481. The summed E-state index contributed by atoms with van der Waals surface area (Å²) in [6, 6.07) is -0.371. The van der Waals surface area contributed by atoms with Crippen LogP contribution in [0.3, 0.4) is 0 Å². The maximum Gasteiger partial charge on any atom is 0.323 e. The number of carbonyl (C=O) groups is 3. The van der Waals surface area contributed by atoms with Crippen molar-refractivity contribution in [1.82, 2.24) is 5.32 Å². The topological polar surface area (TPSA) is 81.7 Å². The molecule has 6 heteroatoms. The highest BCUT2D eigenvalue weighted by Gasteiger charge is 2.21. The molecule has 0 bridgehead atoms. The molecule has 0 saturated carbocycles. The predicted octanol–water partition coefficient (Wildman–Crippen LogP) is 3.34. The van der Waals surface area contributed by atoms with E-state index in [1.165, 1.54) is 0 Å².